The van der Waals surface area contributed by atoms with Crippen molar-refractivity contribution in [1.29, 1.82) is 0 Å². The van der Waals surface area contributed by atoms with Gasteiger partial charge in [0.05, 0.1) is 11.7 Å². The van der Waals surface area contributed by atoms with Crippen molar-refractivity contribution in [3.8, 4) is 5.95 Å². The van der Waals surface area contributed by atoms with Gasteiger partial charge < -0.3 is 10.6 Å². The quantitative estimate of drug-likeness (QED) is 0.641. The van der Waals surface area contributed by atoms with Crippen LogP contribution in [0.5, 0.6) is 0 Å². The summed E-state index contributed by atoms with van der Waals surface area (Å²) in [4.78, 5) is 24.9. The van der Waals surface area contributed by atoms with Gasteiger partial charge in [0.15, 0.2) is 5.82 Å². The Bertz CT molecular complexity index is 926. The molecular formula is C18H20BrN7O. The zero-order valence-electron chi connectivity index (χ0n) is 15.2. The molecule has 0 fully saturated rings. The molecule has 9 heteroatoms. The molecule has 8 nitrogen and oxygen atoms in total. The van der Waals surface area contributed by atoms with Crippen LogP contribution in [0.4, 0.5) is 10.5 Å². The largest absolute Gasteiger partial charge is 0.328 e. The van der Waals surface area contributed by atoms with E-state index < -0.39 is 6.04 Å². The van der Waals surface area contributed by atoms with Crippen molar-refractivity contribution in [2.24, 2.45) is 0 Å². The zero-order chi connectivity index (χ0) is 19.4. The Morgan fingerprint density at radius 3 is 2.56 bits per heavy atom. The minimum absolute atomic E-state index is 0.343. The molecule has 3 rings (SSSR count). The third-order valence-electron chi connectivity index (χ3n) is 3.96. The second kappa shape index (κ2) is 8.26. The number of hydrogen-bond donors (Lipinski definition) is 2. The van der Waals surface area contributed by atoms with E-state index in [9.17, 15) is 4.79 Å². The number of nitrogens with one attached hydrogen (secondary N) is 2. The lowest BCUT2D eigenvalue weighted by molar-refractivity contribution is 0.248. The van der Waals surface area contributed by atoms with Crippen molar-refractivity contribution in [2.45, 2.75) is 32.7 Å². The van der Waals surface area contributed by atoms with E-state index in [0.717, 1.165) is 4.47 Å². The Morgan fingerprint density at radius 2 is 1.89 bits per heavy atom. The van der Waals surface area contributed by atoms with Gasteiger partial charge in [0.25, 0.3) is 5.95 Å². The fourth-order valence-corrected chi connectivity index (χ4v) is 3.01. The average Bonchev–Trinajstić information content (AvgIpc) is 3.14. The molecule has 3 aromatic rings. The molecular weight excluding hydrogens is 410 g/mol. The molecule has 27 heavy (non-hydrogen) atoms. The van der Waals surface area contributed by atoms with Gasteiger partial charge in [-0.15, -0.1) is 0 Å². The third-order valence-corrected chi connectivity index (χ3v) is 4.61. The number of amides is 2. The Labute approximate surface area is 165 Å². The van der Waals surface area contributed by atoms with Gasteiger partial charge in [-0.25, -0.2) is 19.7 Å². The summed E-state index contributed by atoms with van der Waals surface area (Å²) in [5.41, 5.74) is 1.88. The fraction of sp³-hybridized carbons (Fsp3) is 0.278. The first-order valence-corrected chi connectivity index (χ1v) is 9.29. The van der Waals surface area contributed by atoms with Gasteiger partial charge in [0, 0.05) is 16.9 Å². The number of carbonyl (C=O) groups excluding carboxylic acids is 1. The summed E-state index contributed by atoms with van der Waals surface area (Å²) in [5.74, 6) is 1.34. The average molecular weight is 430 g/mol. The third kappa shape index (κ3) is 4.48. The van der Waals surface area contributed by atoms with Crippen molar-refractivity contribution in [3.05, 3.63) is 58.8 Å². The number of hydrogen-bond acceptors (Lipinski definition) is 5. The molecule has 1 aromatic carbocycles. The summed E-state index contributed by atoms with van der Waals surface area (Å²) in [6, 6.07) is 6.86. The summed E-state index contributed by atoms with van der Waals surface area (Å²) in [6.45, 7) is 6.06. The van der Waals surface area contributed by atoms with Crippen LogP contribution in [0, 0.1) is 0 Å². The van der Waals surface area contributed by atoms with Crippen LogP contribution in [-0.2, 0) is 0 Å². The van der Waals surface area contributed by atoms with Crippen molar-refractivity contribution >= 4 is 27.6 Å². The van der Waals surface area contributed by atoms with Crippen LogP contribution < -0.4 is 10.6 Å². The number of rotatable bonds is 5. The van der Waals surface area contributed by atoms with Gasteiger partial charge in [0.1, 0.15) is 6.33 Å². The van der Waals surface area contributed by atoms with Gasteiger partial charge in [-0.05, 0) is 52.5 Å². The number of halogens is 1. The SMILES string of the molecule is CC(C)c1ccc(NC(=O)NC(C)c2ncnn2-c2ncccn2)c(Br)c1. The monoisotopic (exact) mass is 429 g/mol. The Hall–Kier alpha value is -2.81. The van der Waals surface area contributed by atoms with Crippen LogP contribution in [0.3, 0.4) is 0 Å². The number of carbonyl (C=O) groups is 1. The highest BCUT2D eigenvalue weighted by molar-refractivity contribution is 9.10. The fourth-order valence-electron chi connectivity index (χ4n) is 2.51. The van der Waals surface area contributed by atoms with E-state index in [4.69, 9.17) is 0 Å². The molecule has 2 amide bonds. The highest BCUT2D eigenvalue weighted by atomic mass is 79.9. The lowest BCUT2D eigenvalue weighted by atomic mass is 10.0. The standard InChI is InChI=1S/C18H20BrN7O/c1-11(2)13-5-6-15(14(19)9-13)25-18(27)24-12(3)16-22-10-23-26(16)17-20-7-4-8-21-17/h4-12H,1-3H3,(H2,24,25,27). The summed E-state index contributed by atoms with van der Waals surface area (Å²) in [6.07, 6.45) is 4.65. The molecule has 0 saturated heterocycles. The second-order valence-electron chi connectivity index (χ2n) is 6.29. The van der Waals surface area contributed by atoms with Crippen molar-refractivity contribution < 1.29 is 4.79 Å². The highest BCUT2D eigenvalue weighted by Gasteiger charge is 2.18. The van der Waals surface area contributed by atoms with Crippen LogP contribution in [0.2, 0.25) is 0 Å². The summed E-state index contributed by atoms with van der Waals surface area (Å²) >= 11 is 3.51. The first-order valence-electron chi connectivity index (χ1n) is 8.50. The molecule has 0 aliphatic carbocycles. The minimum atomic E-state index is -0.398. The maximum absolute atomic E-state index is 12.4. The van der Waals surface area contributed by atoms with Crippen molar-refractivity contribution in [1.82, 2.24) is 30.0 Å². The molecule has 1 unspecified atom stereocenters. The molecule has 0 saturated carbocycles. The minimum Gasteiger partial charge on any atom is -0.328 e. The second-order valence-corrected chi connectivity index (χ2v) is 7.15. The predicted molar refractivity (Wildman–Crippen MR) is 106 cm³/mol. The Kier molecular flexibility index (Phi) is 5.80. The predicted octanol–water partition coefficient (Wildman–Crippen LogP) is 3.83. The van der Waals surface area contributed by atoms with E-state index in [1.54, 1.807) is 18.5 Å². The number of benzene rings is 1. The molecule has 0 aliphatic rings. The van der Waals surface area contributed by atoms with Crippen LogP contribution in [-0.4, -0.2) is 30.8 Å². The molecule has 1 atom stereocenters. The lowest BCUT2D eigenvalue weighted by Crippen LogP contribution is -2.32. The molecule has 2 N–H and O–H groups in total. The maximum atomic E-state index is 12.4. The molecule has 0 aliphatic heterocycles. The van der Waals surface area contributed by atoms with Crippen molar-refractivity contribution in [2.75, 3.05) is 5.32 Å². The van der Waals surface area contributed by atoms with Crippen LogP contribution in [0.25, 0.3) is 5.95 Å². The molecule has 140 valence electrons. The Balaban J connectivity index is 1.70. The Morgan fingerprint density at radius 1 is 1.15 bits per heavy atom. The van der Waals surface area contributed by atoms with Gasteiger partial charge in [-0.2, -0.15) is 9.78 Å². The van der Waals surface area contributed by atoms with E-state index in [1.165, 1.54) is 16.6 Å². The summed E-state index contributed by atoms with van der Waals surface area (Å²) in [7, 11) is 0. The smallest absolute Gasteiger partial charge is 0.319 e. The molecule has 2 heterocycles. The van der Waals surface area contributed by atoms with Gasteiger partial charge in [-0.1, -0.05) is 19.9 Å². The molecule has 0 bridgehead atoms. The summed E-state index contributed by atoms with van der Waals surface area (Å²) in [5, 5.41) is 9.84. The lowest BCUT2D eigenvalue weighted by Gasteiger charge is -2.16. The van der Waals surface area contributed by atoms with E-state index in [2.05, 4.69) is 60.5 Å². The molecule has 0 spiro atoms. The molecule has 0 radical (unpaired) electrons. The van der Waals surface area contributed by atoms with Gasteiger partial charge >= 0.3 is 6.03 Å². The number of aromatic nitrogens is 5. The van der Waals surface area contributed by atoms with Crippen molar-refractivity contribution in [3.63, 3.8) is 0 Å². The normalized spacial score (nSPS) is 12.0. The summed E-state index contributed by atoms with van der Waals surface area (Å²) < 4.78 is 2.33. The van der Waals surface area contributed by atoms with E-state index in [1.807, 2.05) is 25.1 Å². The van der Waals surface area contributed by atoms with Crippen LogP contribution in [0.15, 0.2) is 47.5 Å². The van der Waals surface area contributed by atoms with Gasteiger partial charge in [-0.3, -0.25) is 0 Å². The van der Waals surface area contributed by atoms with Crippen LogP contribution in [0.1, 0.15) is 44.1 Å². The molecule has 2 aromatic heterocycles. The van der Waals surface area contributed by atoms with Gasteiger partial charge in [0.2, 0.25) is 0 Å². The van der Waals surface area contributed by atoms with E-state index in [-0.39, 0.29) is 6.03 Å². The number of anilines is 1. The highest BCUT2D eigenvalue weighted by Crippen LogP contribution is 2.27. The zero-order valence-corrected chi connectivity index (χ0v) is 16.8. The first kappa shape index (κ1) is 19.0. The number of urea groups is 1. The topological polar surface area (TPSA) is 97.6 Å². The van der Waals surface area contributed by atoms with E-state index in [0.29, 0.717) is 23.4 Å². The van der Waals surface area contributed by atoms with E-state index >= 15 is 0 Å². The van der Waals surface area contributed by atoms with Crippen LogP contribution >= 0.6 is 15.9 Å². The first-order chi connectivity index (χ1) is 13.0. The number of nitrogens with zero attached hydrogens (tertiary/aromatic N) is 5. The maximum Gasteiger partial charge on any atom is 0.319 e.